The normalized spacial score (nSPS) is 13.8. The van der Waals surface area contributed by atoms with Crippen LogP contribution in [0.4, 0.5) is 0 Å². The fourth-order valence-corrected chi connectivity index (χ4v) is 3.60. The van der Waals surface area contributed by atoms with E-state index in [0.29, 0.717) is 23.3 Å². The zero-order valence-electron chi connectivity index (χ0n) is 15.8. The third-order valence-corrected chi connectivity index (χ3v) is 5.20. The van der Waals surface area contributed by atoms with Gasteiger partial charge >= 0.3 is 0 Å². The molecule has 0 saturated heterocycles. The third kappa shape index (κ3) is 3.75. The van der Waals surface area contributed by atoms with Gasteiger partial charge in [0.05, 0.1) is 0 Å². The minimum atomic E-state index is 0.405. The lowest BCUT2D eigenvalue weighted by molar-refractivity contribution is 0.465. The highest BCUT2D eigenvalue weighted by atomic mass is 16.3. The van der Waals surface area contributed by atoms with Crippen LogP contribution in [0.3, 0.4) is 0 Å². The Hall–Kier alpha value is -1.96. The molecular weight excluding hydrogens is 296 g/mol. The molecule has 0 aliphatic rings. The fraction of sp³-hybridized carbons (Fsp3) is 0.455. The van der Waals surface area contributed by atoms with E-state index in [4.69, 9.17) is 0 Å². The van der Waals surface area contributed by atoms with Gasteiger partial charge in [-0.15, -0.1) is 0 Å². The molecule has 2 N–H and O–H groups in total. The number of benzene rings is 2. The number of hydrogen-bond acceptors (Lipinski definition) is 2. The molecule has 0 heterocycles. The van der Waals surface area contributed by atoms with Crippen molar-refractivity contribution in [3.63, 3.8) is 0 Å². The van der Waals surface area contributed by atoms with Gasteiger partial charge in [-0.05, 0) is 85.8 Å². The van der Waals surface area contributed by atoms with Crippen LogP contribution in [-0.2, 0) is 0 Å². The summed E-state index contributed by atoms with van der Waals surface area (Å²) in [5.41, 5.74) is 6.39. The Balaban J connectivity index is 2.27. The quantitative estimate of drug-likeness (QED) is 0.705. The minimum absolute atomic E-state index is 0.405. The molecule has 2 rings (SSSR count). The number of aryl methyl sites for hydroxylation is 4. The van der Waals surface area contributed by atoms with E-state index in [-0.39, 0.29) is 0 Å². The smallest absolute Gasteiger partial charge is 0.121 e. The highest BCUT2D eigenvalue weighted by Crippen LogP contribution is 2.36. The van der Waals surface area contributed by atoms with Gasteiger partial charge in [-0.2, -0.15) is 0 Å². The monoisotopic (exact) mass is 326 g/mol. The molecule has 0 spiro atoms. The van der Waals surface area contributed by atoms with Gasteiger partial charge in [0.15, 0.2) is 0 Å². The van der Waals surface area contributed by atoms with E-state index in [2.05, 4.69) is 38.1 Å². The Bertz CT molecular complexity index is 685. The van der Waals surface area contributed by atoms with E-state index < -0.39 is 0 Å². The molecule has 0 aromatic heterocycles. The van der Waals surface area contributed by atoms with E-state index in [9.17, 15) is 10.2 Å². The summed E-state index contributed by atoms with van der Waals surface area (Å²) in [6, 6.07) is 8.45. The van der Waals surface area contributed by atoms with Crippen molar-refractivity contribution in [1.82, 2.24) is 0 Å². The van der Waals surface area contributed by atoms with Gasteiger partial charge in [0.1, 0.15) is 11.5 Å². The van der Waals surface area contributed by atoms with Crippen molar-refractivity contribution < 1.29 is 10.2 Å². The van der Waals surface area contributed by atoms with Gasteiger partial charge in [-0.25, -0.2) is 0 Å². The van der Waals surface area contributed by atoms with E-state index in [1.165, 1.54) is 11.1 Å². The number of rotatable bonds is 5. The summed E-state index contributed by atoms with van der Waals surface area (Å²) in [4.78, 5) is 0. The fourth-order valence-electron chi connectivity index (χ4n) is 3.60. The summed E-state index contributed by atoms with van der Waals surface area (Å²) < 4.78 is 0. The molecule has 0 amide bonds. The van der Waals surface area contributed by atoms with Crippen LogP contribution in [0.15, 0.2) is 24.3 Å². The molecule has 0 bridgehead atoms. The lowest BCUT2D eigenvalue weighted by atomic mass is 9.83. The van der Waals surface area contributed by atoms with Crippen molar-refractivity contribution in [2.24, 2.45) is 0 Å². The van der Waals surface area contributed by atoms with Crippen LogP contribution in [0, 0.1) is 27.7 Å². The Morgan fingerprint density at radius 2 is 1.12 bits per heavy atom. The van der Waals surface area contributed by atoms with E-state index in [1.54, 1.807) is 0 Å². The number of hydrogen-bond donors (Lipinski definition) is 2. The highest BCUT2D eigenvalue weighted by Gasteiger charge is 2.18. The lowest BCUT2D eigenvalue weighted by Gasteiger charge is -2.23. The first-order valence-corrected chi connectivity index (χ1v) is 8.84. The standard InChI is InChI=1S/C22H30O2/c1-7-18(20-11-16(5)22(24)17(6)12-20)8-13(2)19-9-14(3)21(23)15(4)10-19/h9-13,18,23-24H,7-8H2,1-6H3. The first kappa shape index (κ1) is 18.4. The Kier molecular flexibility index (Phi) is 5.58. The van der Waals surface area contributed by atoms with Crippen LogP contribution < -0.4 is 0 Å². The average Bonchev–Trinajstić information content (AvgIpc) is 2.54. The maximum Gasteiger partial charge on any atom is 0.121 e. The predicted molar refractivity (Wildman–Crippen MR) is 101 cm³/mol. The number of phenols is 2. The molecule has 2 nitrogen and oxygen atoms in total. The van der Waals surface area contributed by atoms with E-state index in [1.807, 2.05) is 27.7 Å². The first-order chi connectivity index (χ1) is 11.2. The van der Waals surface area contributed by atoms with Gasteiger partial charge < -0.3 is 10.2 Å². The summed E-state index contributed by atoms with van der Waals surface area (Å²) in [5, 5.41) is 20.0. The van der Waals surface area contributed by atoms with Crippen molar-refractivity contribution in [1.29, 1.82) is 0 Å². The maximum atomic E-state index is 10.0. The predicted octanol–water partition coefficient (Wildman–Crippen LogP) is 6.02. The van der Waals surface area contributed by atoms with Gasteiger partial charge in [-0.3, -0.25) is 0 Å². The maximum absolute atomic E-state index is 10.0. The van der Waals surface area contributed by atoms with Crippen molar-refractivity contribution in [3.8, 4) is 11.5 Å². The average molecular weight is 326 g/mol. The zero-order chi connectivity index (χ0) is 18.0. The van der Waals surface area contributed by atoms with Crippen molar-refractivity contribution in [3.05, 3.63) is 57.6 Å². The first-order valence-electron chi connectivity index (χ1n) is 8.84. The summed E-state index contributed by atoms with van der Waals surface area (Å²) in [6.45, 7) is 12.3. The highest BCUT2D eigenvalue weighted by molar-refractivity contribution is 5.45. The molecule has 0 radical (unpaired) electrons. The second kappa shape index (κ2) is 7.29. The minimum Gasteiger partial charge on any atom is -0.507 e. The largest absolute Gasteiger partial charge is 0.507 e. The molecule has 2 aromatic carbocycles. The van der Waals surface area contributed by atoms with Crippen LogP contribution in [0.25, 0.3) is 0 Å². The summed E-state index contributed by atoms with van der Waals surface area (Å²) in [5.74, 6) is 1.70. The summed E-state index contributed by atoms with van der Waals surface area (Å²) in [7, 11) is 0. The molecule has 2 aromatic rings. The molecule has 2 heteroatoms. The Morgan fingerprint density at radius 1 is 0.750 bits per heavy atom. The zero-order valence-corrected chi connectivity index (χ0v) is 15.8. The molecule has 0 saturated carbocycles. The molecule has 24 heavy (non-hydrogen) atoms. The molecule has 0 aliphatic carbocycles. The van der Waals surface area contributed by atoms with E-state index >= 15 is 0 Å². The molecular formula is C22H30O2. The van der Waals surface area contributed by atoms with Crippen LogP contribution in [-0.4, -0.2) is 10.2 Å². The molecule has 2 atom stereocenters. The van der Waals surface area contributed by atoms with Crippen molar-refractivity contribution in [2.45, 2.75) is 66.2 Å². The van der Waals surface area contributed by atoms with E-state index in [0.717, 1.165) is 35.1 Å². The van der Waals surface area contributed by atoms with Crippen LogP contribution in [0.1, 0.15) is 71.9 Å². The Labute approximate surface area is 146 Å². The van der Waals surface area contributed by atoms with Crippen molar-refractivity contribution in [2.75, 3.05) is 0 Å². The number of phenolic OH excluding ortho intramolecular Hbond substituents is 2. The molecule has 0 fully saturated rings. The molecule has 0 aliphatic heterocycles. The van der Waals surface area contributed by atoms with Crippen molar-refractivity contribution >= 4 is 0 Å². The van der Waals surface area contributed by atoms with Gasteiger partial charge in [0, 0.05) is 0 Å². The summed E-state index contributed by atoms with van der Waals surface area (Å²) in [6.07, 6.45) is 2.13. The van der Waals surface area contributed by atoms with Crippen LogP contribution in [0.2, 0.25) is 0 Å². The van der Waals surface area contributed by atoms with Gasteiger partial charge in [0.25, 0.3) is 0 Å². The van der Waals surface area contributed by atoms with Crippen LogP contribution >= 0.6 is 0 Å². The third-order valence-electron chi connectivity index (χ3n) is 5.20. The Morgan fingerprint density at radius 3 is 1.50 bits per heavy atom. The summed E-state index contributed by atoms with van der Waals surface area (Å²) >= 11 is 0. The van der Waals surface area contributed by atoms with Gasteiger partial charge in [0.2, 0.25) is 0 Å². The second-order valence-corrected chi connectivity index (χ2v) is 7.25. The topological polar surface area (TPSA) is 40.5 Å². The van der Waals surface area contributed by atoms with Crippen LogP contribution in [0.5, 0.6) is 11.5 Å². The lowest BCUT2D eigenvalue weighted by Crippen LogP contribution is -2.05. The van der Waals surface area contributed by atoms with Gasteiger partial charge in [-0.1, -0.05) is 38.1 Å². The molecule has 130 valence electrons. The second-order valence-electron chi connectivity index (χ2n) is 7.25. The molecule has 2 unspecified atom stereocenters. The SMILES string of the molecule is CCC(CC(C)c1cc(C)c(O)c(C)c1)c1cc(C)c(O)c(C)c1. The number of aromatic hydroxyl groups is 2.